The summed E-state index contributed by atoms with van der Waals surface area (Å²) in [7, 11) is 0. The average Bonchev–Trinajstić information content (AvgIpc) is 2.73. The molecule has 4 nitrogen and oxygen atoms in total. The number of carbonyl (C=O) groups is 1. The summed E-state index contributed by atoms with van der Waals surface area (Å²) >= 11 is 0. The zero-order chi connectivity index (χ0) is 13.3. The van der Waals surface area contributed by atoms with Crippen LogP contribution in [0.3, 0.4) is 0 Å². The second-order valence-corrected chi connectivity index (χ2v) is 6.45. The first-order valence-electron chi connectivity index (χ1n) is 7.15. The summed E-state index contributed by atoms with van der Waals surface area (Å²) in [6, 6.07) is 0.636. The zero-order valence-electron chi connectivity index (χ0n) is 11.8. The van der Waals surface area contributed by atoms with Crippen LogP contribution in [0.1, 0.15) is 40.0 Å². The molecule has 0 aromatic heterocycles. The fourth-order valence-corrected chi connectivity index (χ4v) is 3.43. The third-order valence-electron chi connectivity index (χ3n) is 4.87. The molecule has 0 radical (unpaired) electrons. The second kappa shape index (κ2) is 5.17. The van der Waals surface area contributed by atoms with Crippen LogP contribution in [-0.4, -0.2) is 47.2 Å². The molecule has 0 aliphatic carbocycles. The van der Waals surface area contributed by atoms with Crippen molar-refractivity contribution in [2.45, 2.75) is 51.6 Å². The van der Waals surface area contributed by atoms with Crippen molar-refractivity contribution in [3.63, 3.8) is 0 Å². The van der Waals surface area contributed by atoms with Crippen LogP contribution in [0.2, 0.25) is 0 Å². The van der Waals surface area contributed by atoms with Gasteiger partial charge in [-0.15, -0.1) is 0 Å². The molecule has 2 unspecified atom stereocenters. The number of piperidine rings is 1. The van der Waals surface area contributed by atoms with E-state index in [0.717, 1.165) is 13.0 Å². The first-order chi connectivity index (χ1) is 8.42. The van der Waals surface area contributed by atoms with Crippen LogP contribution < -0.4 is 5.32 Å². The van der Waals surface area contributed by atoms with Crippen LogP contribution in [0.25, 0.3) is 0 Å². The molecule has 0 amide bonds. The van der Waals surface area contributed by atoms with Gasteiger partial charge >= 0.3 is 5.97 Å². The van der Waals surface area contributed by atoms with Crippen molar-refractivity contribution < 1.29 is 9.90 Å². The number of carboxylic acids is 1. The molecule has 0 aromatic carbocycles. The van der Waals surface area contributed by atoms with E-state index in [-0.39, 0.29) is 0 Å². The Morgan fingerprint density at radius 2 is 1.94 bits per heavy atom. The molecular weight excluding hydrogens is 228 g/mol. The summed E-state index contributed by atoms with van der Waals surface area (Å²) in [4.78, 5) is 13.7. The molecule has 4 heteroatoms. The van der Waals surface area contributed by atoms with Gasteiger partial charge in [-0.05, 0) is 71.5 Å². The topological polar surface area (TPSA) is 52.6 Å². The fourth-order valence-electron chi connectivity index (χ4n) is 3.43. The van der Waals surface area contributed by atoms with Crippen LogP contribution in [-0.2, 0) is 4.79 Å². The predicted octanol–water partition coefficient (Wildman–Crippen LogP) is 1.56. The molecule has 0 bridgehead atoms. The van der Waals surface area contributed by atoms with Gasteiger partial charge in [-0.2, -0.15) is 0 Å². The minimum atomic E-state index is -0.704. The van der Waals surface area contributed by atoms with Gasteiger partial charge in [-0.25, -0.2) is 0 Å². The lowest BCUT2D eigenvalue weighted by Crippen LogP contribution is -2.44. The van der Waals surface area contributed by atoms with E-state index in [1.54, 1.807) is 0 Å². The molecule has 2 N–H and O–H groups in total. The second-order valence-electron chi connectivity index (χ2n) is 6.45. The number of hydrogen-bond acceptors (Lipinski definition) is 3. The maximum atomic E-state index is 11.2. The standard InChI is InChI=1S/C14H26N2O2/c1-10(2)16-6-4-11(5-7-16)12-8-14(3,13(17)18)15-9-12/h10-12,15H,4-9H2,1-3H3,(H,17,18). The fraction of sp³-hybridized carbons (Fsp3) is 0.929. The first-order valence-corrected chi connectivity index (χ1v) is 7.15. The maximum Gasteiger partial charge on any atom is 0.323 e. The van der Waals surface area contributed by atoms with E-state index in [9.17, 15) is 9.90 Å². The van der Waals surface area contributed by atoms with Gasteiger partial charge in [0.05, 0.1) is 0 Å². The highest BCUT2D eigenvalue weighted by atomic mass is 16.4. The van der Waals surface area contributed by atoms with Gasteiger partial charge in [-0.1, -0.05) is 0 Å². The highest BCUT2D eigenvalue weighted by Crippen LogP contribution is 2.35. The van der Waals surface area contributed by atoms with E-state index in [2.05, 4.69) is 24.1 Å². The quantitative estimate of drug-likeness (QED) is 0.802. The van der Waals surface area contributed by atoms with Gasteiger partial charge in [-0.3, -0.25) is 4.79 Å². The van der Waals surface area contributed by atoms with Crippen molar-refractivity contribution in [2.24, 2.45) is 11.8 Å². The van der Waals surface area contributed by atoms with Crippen LogP contribution in [0.15, 0.2) is 0 Å². The Morgan fingerprint density at radius 3 is 2.39 bits per heavy atom. The van der Waals surface area contributed by atoms with Gasteiger partial charge in [0, 0.05) is 6.04 Å². The number of hydrogen-bond donors (Lipinski definition) is 2. The van der Waals surface area contributed by atoms with Crippen molar-refractivity contribution in [1.82, 2.24) is 10.2 Å². The number of rotatable bonds is 3. The zero-order valence-corrected chi connectivity index (χ0v) is 11.8. The smallest absolute Gasteiger partial charge is 0.323 e. The number of likely N-dealkylation sites (tertiary alicyclic amines) is 1. The minimum Gasteiger partial charge on any atom is -0.480 e. The molecule has 104 valence electrons. The number of carboxylic acid groups (broad SMARTS) is 1. The van der Waals surface area contributed by atoms with E-state index in [1.807, 2.05) is 6.92 Å². The summed E-state index contributed by atoms with van der Waals surface area (Å²) in [5.74, 6) is 0.540. The van der Waals surface area contributed by atoms with E-state index >= 15 is 0 Å². The number of nitrogens with one attached hydrogen (secondary N) is 1. The molecule has 2 heterocycles. The molecule has 18 heavy (non-hydrogen) atoms. The molecule has 2 rings (SSSR count). The summed E-state index contributed by atoms with van der Waals surface area (Å²) < 4.78 is 0. The lowest BCUT2D eigenvalue weighted by molar-refractivity contribution is -0.143. The Morgan fingerprint density at radius 1 is 1.33 bits per heavy atom. The Kier molecular flexibility index (Phi) is 3.97. The summed E-state index contributed by atoms with van der Waals surface area (Å²) in [5, 5.41) is 12.4. The lowest BCUT2D eigenvalue weighted by Gasteiger charge is -2.37. The molecule has 2 aliphatic heterocycles. The van der Waals surface area contributed by atoms with Crippen molar-refractivity contribution >= 4 is 5.97 Å². The molecule has 2 fully saturated rings. The largest absolute Gasteiger partial charge is 0.480 e. The van der Waals surface area contributed by atoms with Crippen molar-refractivity contribution in [3.05, 3.63) is 0 Å². The summed E-state index contributed by atoms with van der Waals surface area (Å²) in [5.41, 5.74) is -0.695. The van der Waals surface area contributed by atoms with E-state index in [0.29, 0.717) is 17.9 Å². The molecule has 0 spiro atoms. The molecular formula is C14H26N2O2. The van der Waals surface area contributed by atoms with Crippen molar-refractivity contribution in [3.8, 4) is 0 Å². The molecule has 2 atom stereocenters. The predicted molar refractivity (Wildman–Crippen MR) is 71.6 cm³/mol. The number of aliphatic carboxylic acids is 1. The van der Waals surface area contributed by atoms with E-state index < -0.39 is 11.5 Å². The van der Waals surface area contributed by atoms with Gasteiger partial charge in [0.1, 0.15) is 5.54 Å². The Balaban J connectivity index is 1.87. The Bertz CT molecular complexity index is 311. The van der Waals surface area contributed by atoms with Crippen LogP contribution in [0.5, 0.6) is 0 Å². The highest BCUT2D eigenvalue weighted by Gasteiger charge is 2.43. The Labute approximate surface area is 110 Å². The van der Waals surface area contributed by atoms with Crippen LogP contribution >= 0.6 is 0 Å². The van der Waals surface area contributed by atoms with Gasteiger partial charge < -0.3 is 15.3 Å². The molecule has 0 aromatic rings. The third kappa shape index (κ3) is 2.69. The van der Waals surface area contributed by atoms with Crippen LogP contribution in [0, 0.1) is 11.8 Å². The average molecular weight is 254 g/mol. The van der Waals surface area contributed by atoms with E-state index in [1.165, 1.54) is 25.9 Å². The molecule has 2 saturated heterocycles. The highest BCUT2D eigenvalue weighted by molar-refractivity contribution is 5.78. The van der Waals surface area contributed by atoms with Crippen molar-refractivity contribution in [2.75, 3.05) is 19.6 Å². The summed E-state index contributed by atoms with van der Waals surface area (Å²) in [6.07, 6.45) is 3.23. The number of nitrogens with zero attached hydrogens (tertiary/aromatic N) is 1. The monoisotopic (exact) mass is 254 g/mol. The van der Waals surface area contributed by atoms with Crippen LogP contribution in [0.4, 0.5) is 0 Å². The van der Waals surface area contributed by atoms with Gasteiger partial charge in [0.2, 0.25) is 0 Å². The first kappa shape index (κ1) is 13.8. The summed E-state index contributed by atoms with van der Waals surface area (Å²) in [6.45, 7) is 9.52. The SMILES string of the molecule is CC(C)N1CCC(C2CNC(C)(C(=O)O)C2)CC1. The van der Waals surface area contributed by atoms with Gasteiger partial charge in [0.25, 0.3) is 0 Å². The Hall–Kier alpha value is -0.610. The maximum absolute atomic E-state index is 11.2. The third-order valence-corrected chi connectivity index (χ3v) is 4.87. The van der Waals surface area contributed by atoms with Crippen molar-refractivity contribution in [1.29, 1.82) is 0 Å². The lowest BCUT2D eigenvalue weighted by atomic mass is 9.80. The van der Waals surface area contributed by atoms with Gasteiger partial charge in [0.15, 0.2) is 0 Å². The van der Waals surface area contributed by atoms with E-state index in [4.69, 9.17) is 0 Å². The molecule has 0 saturated carbocycles. The molecule has 2 aliphatic rings. The normalized spacial score (nSPS) is 35.2. The minimum absolute atomic E-state index is 0.542.